The summed E-state index contributed by atoms with van der Waals surface area (Å²) >= 11 is 0. The Morgan fingerprint density at radius 2 is 2.07 bits per heavy atom. The maximum atomic E-state index is 12.8. The van der Waals surface area contributed by atoms with E-state index >= 15 is 0 Å². The van der Waals surface area contributed by atoms with Crippen LogP contribution in [0.5, 0.6) is 0 Å². The van der Waals surface area contributed by atoms with Crippen molar-refractivity contribution in [3.8, 4) is 0 Å². The van der Waals surface area contributed by atoms with E-state index in [0.29, 0.717) is 0 Å². The largest absolute Gasteiger partial charge is 0.324 e. The van der Waals surface area contributed by atoms with Gasteiger partial charge >= 0.3 is 6.41 Å². The van der Waals surface area contributed by atoms with Crippen LogP contribution in [0.25, 0.3) is 0 Å². The third kappa shape index (κ3) is 2.08. The Morgan fingerprint density at radius 1 is 1.43 bits per heavy atom. The normalized spacial score (nSPS) is 11.0. The molecular weight excluding hydrogens is 209 g/mol. The third-order valence-electron chi connectivity index (χ3n) is 1.62. The number of hydrogen-bond acceptors (Lipinski definition) is 3. The molecule has 0 unspecified atom stereocenters. The smallest absolute Gasteiger partial charge is 0.262 e. The Labute approximate surface area is 80.8 Å². The quantitative estimate of drug-likeness (QED) is 0.747. The molecule has 0 spiro atoms. The molecule has 4 nitrogen and oxygen atoms in total. The summed E-state index contributed by atoms with van der Waals surface area (Å²) in [6.07, 6.45) is 1.06. The molecule has 1 N–H and O–H groups in total. The molecule has 0 saturated carbocycles. The number of rotatable bonds is 3. The molecule has 1 aromatic rings. The second-order valence-corrected chi connectivity index (χ2v) is 4.30. The van der Waals surface area contributed by atoms with Gasteiger partial charge in [-0.3, -0.25) is 4.79 Å². The van der Waals surface area contributed by atoms with Gasteiger partial charge in [0, 0.05) is 0 Å². The fourth-order valence-electron chi connectivity index (χ4n) is 0.898. The van der Waals surface area contributed by atoms with Crippen LogP contribution in [0, 0.1) is 12.7 Å². The molecule has 1 radical (unpaired) electrons. The summed E-state index contributed by atoms with van der Waals surface area (Å²) in [6, 6.07) is 3.23. The van der Waals surface area contributed by atoms with E-state index in [1.54, 1.807) is 0 Å². The number of benzene rings is 1. The first kappa shape index (κ1) is 10.6. The van der Waals surface area contributed by atoms with Gasteiger partial charge < -0.3 is 0 Å². The van der Waals surface area contributed by atoms with Crippen LogP contribution < -0.4 is 4.72 Å². The number of sulfonamides is 1. The molecule has 14 heavy (non-hydrogen) atoms. The van der Waals surface area contributed by atoms with Crippen LogP contribution in [0.2, 0.25) is 0 Å². The number of amides is 1. The summed E-state index contributed by atoms with van der Waals surface area (Å²) in [6.45, 7) is 1.43. The molecule has 6 heteroatoms. The first-order valence-corrected chi connectivity index (χ1v) is 5.11. The summed E-state index contributed by atoms with van der Waals surface area (Å²) in [7, 11) is -3.89. The molecule has 0 heterocycles. The predicted molar refractivity (Wildman–Crippen MR) is 47.2 cm³/mol. The van der Waals surface area contributed by atoms with Gasteiger partial charge in [0.05, 0.1) is 4.90 Å². The first-order chi connectivity index (χ1) is 6.47. The highest BCUT2D eigenvalue weighted by Crippen LogP contribution is 2.13. The number of hydrogen-bond donors (Lipinski definition) is 1. The van der Waals surface area contributed by atoms with Crippen molar-refractivity contribution in [3.63, 3.8) is 0 Å². The fourth-order valence-corrected chi connectivity index (χ4v) is 1.70. The lowest BCUT2D eigenvalue weighted by Gasteiger charge is -2.02. The Hall–Kier alpha value is -1.43. The Kier molecular flexibility index (Phi) is 2.85. The Bertz CT molecular complexity index is 456. The van der Waals surface area contributed by atoms with Crippen molar-refractivity contribution < 1.29 is 17.6 Å². The molecule has 1 amide bonds. The minimum atomic E-state index is -3.89. The van der Waals surface area contributed by atoms with Crippen molar-refractivity contribution in [2.45, 2.75) is 11.8 Å². The predicted octanol–water partition coefficient (Wildman–Crippen LogP) is 0.480. The zero-order valence-corrected chi connectivity index (χ0v) is 8.06. The van der Waals surface area contributed by atoms with Crippen molar-refractivity contribution in [3.05, 3.63) is 29.6 Å². The van der Waals surface area contributed by atoms with Gasteiger partial charge in [0.25, 0.3) is 10.0 Å². The average Bonchev–Trinajstić information content (AvgIpc) is 2.09. The average molecular weight is 216 g/mol. The molecular formula is C8H7FNO3S. The molecule has 0 bridgehead atoms. The highest BCUT2D eigenvalue weighted by Gasteiger charge is 2.13. The van der Waals surface area contributed by atoms with Gasteiger partial charge in [-0.1, -0.05) is 0 Å². The molecule has 0 atom stereocenters. The summed E-state index contributed by atoms with van der Waals surface area (Å²) in [4.78, 5) is 9.69. The van der Waals surface area contributed by atoms with Crippen molar-refractivity contribution >= 4 is 16.4 Å². The van der Waals surface area contributed by atoms with Gasteiger partial charge in [-0.05, 0) is 30.7 Å². The summed E-state index contributed by atoms with van der Waals surface area (Å²) in [5.74, 6) is -0.501. The third-order valence-corrected chi connectivity index (χ3v) is 2.84. The summed E-state index contributed by atoms with van der Waals surface area (Å²) in [5.41, 5.74) is 0.193. The standard InChI is InChI=1S/C8H7FNO3S/c1-6-4-7(2-3-8(6)9)14(12,13)10-5-11/h2-4H,1H3,(H,10,11). The van der Waals surface area contributed by atoms with Crippen LogP contribution >= 0.6 is 0 Å². The molecule has 0 aliphatic heterocycles. The Morgan fingerprint density at radius 3 is 2.57 bits per heavy atom. The van der Waals surface area contributed by atoms with Gasteiger partial charge in [-0.25, -0.2) is 17.5 Å². The van der Waals surface area contributed by atoms with Crippen LogP contribution in [0.15, 0.2) is 23.1 Å². The van der Waals surface area contributed by atoms with Gasteiger partial charge in [0.2, 0.25) is 0 Å². The van der Waals surface area contributed by atoms with Crippen molar-refractivity contribution in [2.75, 3.05) is 0 Å². The van der Waals surface area contributed by atoms with Crippen LogP contribution in [-0.4, -0.2) is 14.8 Å². The molecule has 0 aromatic heterocycles. The van der Waals surface area contributed by atoms with Crippen molar-refractivity contribution in [1.29, 1.82) is 0 Å². The lowest BCUT2D eigenvalue weighted by atomic mass is 10.2. The maximum absolute atomic E-state index is 12.8. The second kappa shape index (κ2) is 3.75. The number of carbonyl (C=O) groups excluding carboxylic acids is 1. The fraction of sp³-hybridized carbons (Fsp3) is 0.125. The van der Waals surface area contributed by atoms with E-state index in [9.17, 15) is 17.6 Å². The van der Waals surface area contributed by atoms with E-state index in [4.69, 9.17) is 0 Å². The lowest BCUT2D eigenvalue weighted by Crippen LogP contribution is -2.21. The molecule has 0 fully saturated rings. The zero-order chi connectivity index (χ0) is 10.8. The van der Waals surface area contributed by atoms with Crippen LogP contribution in [0.3, 0.4) is 0 Å². The number of nitrogens with one attached hydrogen (secondary N) is 1. The van der Waals surface area contributed by atoms with Crippen LogP contribution in [0.4, 0.5) is 4.39 Å². The topological polar surface area (TPSA) is 63.2 Å². The van der Waals surface area contributed by atoms with Crippen molar-refractivity contribution in [2.24, 2.45) is 0 Å². The van der Waals surface area contributed by atoms with E-state index in [2.05, 4.69) is 0 Å². The van der Waals surface area contributed by atoms with Crippen molar-refractivity contribution in [1.82, 2.24) is 4.72 Å². The Balaban J connectivity index is 3.21. The van der Waals surface area contributed by atoms with Gasteiger partial charge in [0.15, 0.2) is 0 Å². The van der Waals surface area contributed by atoms with Gasteiger partial charge in [0.1, 0.15) is 5.82 Å². The molecule has 1 rings (SSSR count). The SMILES string of the molecule is Cc1cc(S(=O)(=O)N[C]=O)ccc1F. The minimum absolute atomic E-state index is 0.167. The summed E-state index contributed by atoms with van der Waals surface area (Å²) < 4.78 is 36.7. The first-order valence-electron chi connectivity index (χ1n) is 3.62. The second-order valence-electron chi connectivity index (χ2n) is 2.62. The van der Waals surface area contributed by atoms with Gasteiger partial charge in [-0.15, -0.1) is 0 Å². The molecule has 0 aliphatic rings. The molecule has 0 saturated heterocycles. The lowest BCUT2D eigenvalue weighted by molar-refractivity contribution is 0.547. The molecule has 0 aliphatic carbocycles. The zero-order valence-electron chi connectivity index (χ0n) is 7.24. The minimum Gasteiger partial charge on any atom is -0.262 e. The van der Waals surface area contributed by atoms with Crippen LogP contribution in [-0.2, 0) is 14.8 Å². The monoisotopic (exact) mass is 216 g/mol. The van der Waals surface area contributed by atoms with E-state index in [1.807, 2.05) is 0 Å². The highest BCUT2D eigenvalue weighted by atomic mass is 32.2. The summed E-state index contributed by atoms with van der Waals surface area (Å²) in [5, 5.41) is 0. The molecule has 1 aromatic carbocycles. The number of aryl methyl sites for hydroxylation is 1. The molecule has 75 valence electrons. The van der Waals surface area contributed by atoms with Gasteiger partial charge in [-0.2, -0.15) is 0 Å². The van der Waals surface area contributed by atoms with E-state index in [1.165, 1.54) is 11.6 Å². The van der Waals surface area contributed by atoms with E-state index in [0.717, 1.165) is 24.6 Å². The van der Waals surface area contributed by atoms with Crippen LogP contribution in [0.1, 0.15) is 5.56 Å². The maximum Gasteiger partial charge on any atom is 0.324 e. The number of halogens is 1. The van der Waals surface area contributed by atoms with E-state index in [-0.39, 0.29) is 10.5 Å². The highest BCUT2D eigenvalue weighted by molar-refractivity contribution is 7.90. The van der Waals surface area contributed by atoms with E-state index < -0.39 is 15.8 Å².